The molecule has 2 aliphatic rings. The van der Waals surface area contributed by atoms with Gasteiger partial charge in [0.2, 0.25) is 0 Å². The van der Waals surface area contributed by atoms with Crippen LogP contribution < -0.4 is 10.2 Å². The zero-order valence-electron chi connectivity index (χ0n) is 11.0. The molecule has 5 heteroatoms. The van der Waals surface area contributed by atoms with E-state index >= 15 is 0 Å². The van der Waals surface area contributed by atoms with Crippen LogP contribution in [0.5, 0.6) is 0 Å². The minimum Gasteiger partial charge on any atom is -0.346 e. The first-order valence-electron chi connectivity index (χ1n) is 6.97. The normalized spacial score (nSPS) is 29.9. The van der Waals surface area contributed by atoms with Crippen LogP contribution in [0.2, 0.25) is 0 Å². The lowest BCUT2D eigenvalue weighted by atomic mass is 9.99. The van der Waals surface area contributed by atoms with Crippen LogP contribution in [0.1, 0.15) is 13.3 Å². The van der Waals surface area contributed by atoms with Crippen LogP contribution in [0.25, 0.3) is 0 Å². The summed E-state index contributed by atoms with van der Waals surface area (Å²) in [6.45, 7) is 9.31. The Morgan fingerprint density at radius 2 is 2.17 bits per heavy atom. The predicted octanol–water partition coefficient (Wildman–Crippen LogP) is 1.26. The number of hydrogen-bond donors (Lipinski definition) is 1. The summed E-state index contributed by atoms with van der Waals surface area (Å²) in [7, 11) is 0. The summed E-state index contributed by atoms with van der Waals surface area (Å²) in [5, 5.41) is 6.80. The number of piperazine rings is 1. The molecule has 0 saturated carbocycles. The van der Waals surface area contributed by atoms with Crippen LogP contribution in [-0.4, -0.2) is 55.2 Å². The number of nitrogens with zero attached hydrogens (tertiary/aromatic N) is 3. The van der Waals surface area contributed by atoms with E-state index in [0.717, 1.165) is 25.0 Å². The lowest BCUT2D eigenvalue weighted by Gasteiger charge is -2.39. The summed E-state index contributed by atoms with van der Waals surface area (Å²) in [5.74, 6) is 0.844. The molecular weight excluding hydrogens is 244 g/mol. The molecule has 4 nitrogen and oxygen atoms in total. The Labute approximate surface area is 113 Å². The molecule has 18 heavy (non-hydrogen) atoms. The highest BCUT2D eigenvalue weighted by Crippen LogP contribution is 2.23. The molecule has 3 rings (SSSR count). The van der Waals surface area contributed by atoms with Crippen molar-refractivity contribution in [1.82, 2.24) is 15.2 Å². The molecule has 2 fully saturated rings. The zero-order valence-corrected chi connectivity index (χ0v) is 11.8. The monoisotopic (exact) mass is 266 g/mol. The highest BCUT2D eigenvalue weighted by Gasteiger charge is 2.32. The summed E-state index contributed by atoms with van der Waals surface area (Å²) in [6, 6.07) is 0.758. The van der Waals surface area contributed by atoms with Crippen molar-refractivity contribution in [3.05, 3.63) is 11.6 Å². The van der Waals surface area contributed by atoms with Gasteiger partial charge in [-0.3, -0.25) is 4.90 Å². The van der Waals surface area contributed by atoms with Gasteiger partial charge in [0.25, 0.3) is 0 Å². The van der Waals surface area contributed by atoms with Gasteiger partial charge < -0.3 is 10.2 Å². The van der Waals surface area contributed by atoms with Gasteiger partial charge in [-0.15, -0.1) is 11.3 Å². The molecular formula is C13H22N4S. The molecule has 1 N–H and O–H groups in total. The summed E-state index contributed by atoms with van der Waals surface area (Å²) in [5.41, 5.74) is 0. The van der Waals surface area contributed by atoms with Crippen molar-refractivity contribution in [2.45, 2.75) is 19.4 Å². The Morgan fingerprint density at radius 3 is 2.83 bits per heavy atom. The molecule has 1 aromatic heterocycles. The summed E-state index contributed by atoms with van der Waals surface area (Å²) in [6.07, 6.45) is 3.20. The summed E-state index contributed by atoms with van der Waals surface area (Å²) in [4.78, 5) is 9.51. The molecule has 2 unspecified atom stereocenters. The van der Waals surface area contributed by atoms with Crippen LogP contribution in [0.3, 0.4) is 0 Å². The van der Waals surface area contributed by atoms with Gasteiger partial charge in [-0.25, -0.2) is 4.98 Å². The van der Waals surface area contributed by atoms with E-state index in [0.29, 0.717) is 0 Å². The predicted molar refractivity (Wildman–Crippen MR) is 76.3 cm³/mol. The molecule has 0 aromatic carbocycles. The minimum absolute atomic E-state index is 0.758. The molecule has 2 saturated heterocycles. The standard InChI is InChI=1S/C13H22N4S/c1-2-11-9-14-10-12(11)16-4-6-17(7-5-16)13-15-3-8-18-13/h3,8,11-12,14H,2,4-7,9-10H2,1H3. The Kier molecular flexibility index (Phi) is 3.82. The van der Waals surface area contributed by atoms with E-state index < -0.39 is 0 Å². The first-order valence-corrected chi connectivity index (χ1v) is 7.85. The molecule has 0 aliphatic carbocycles. The van der Waals surface area contributed by atoms with E-state index in [1.54, 1.807) is 11.3 Å². The van der Waals surface area contributed by atoms with E-state index in [1.807, 2.05) is 6.20 Å². The molecule has 2 aliphatic heterocycles. The largest absolute Gasteiger partial charge is 0.346 e. The third kappa shape index (κ3) is 2.39. The van der Waals surface area contributed by atoms with Crippen molar-refractivity contribution in [3.8, 4) is 0 Å². The van der Waals surface area contributed by atoms with E-state index in [-0.39, 0.29) is 0 Å². The molecule has 0 amide bonds. The summed E-state index contributed by atoms with van der Waals surface area (Å²) >= 11 is 1.75. The lowest BCUT2D eigenvalue weighted by Crippen LogP contribution is -2.52. The van der Waals surface area contributed by atoms with Gasteiger partial charge in [-0.05, 0) is 12.5 Å². The first-order chi connectivity index (χ1) is 8.88. The van der Waals surface area contributed by atoms with Gasteiger partial charge in [0.05, 0.1) is 0 Å². The van der Waals surface area contributed by atoms with Crippen molar-refractivity contribution in [1.29, 1.82) is 0 Å². The molecule has 2 atom stereocenters. The highest BCUT2D eigenvalue weighted by molar-refractivity contribution is 7.13. The van der Waals surface area contributed by atoms with Crippen LogP contribution in [0.15, 0.2) is 11.6 Å². The topological polar surface area (TPSA) is 31.4 Å². The number of hydrogen-bond acceptors (Lipinski definition) is 5. The summed E-state index contributed by atoms with van der Waals surface area (Å²) < 4.78 is 0. The Bertz CT molecular complexity index is 359. The average Bonchev–Trinajstić information content (AvgIpc) is 3.10. The molecule has 0 radical (unpaired) electrons. The number of nitrogens with one attached hydrogen (secondary N) is 1. The van der Waals surface area contributed by atoms with Crippen molar-refractivity contribution < 1.29 is 0 Å². The quantitative estimate of drug-likeness (QED) is 0.892. The van der Waals surface area contributed by atoms with E-state index in [9.17, 15) is 0 Å². The number of thiazole rings is 1. The second-order valence-electron chi connectivity index (χ2n) is 5.23. The van der Waals surface area contributed by atoms with Crippen LogP contribution >= 0.6 is 11.3 Å². The van der Waals surface area contributed by atoms with Crippen LogP contribution in [-0.2, 0) is 0 Å². The number of anilines is 1. The maximum absolute atomic E-state index is 4.41. The fraction of sp³-hybridized carbons (Fsp3) is 0.769. The minimum atomic E-state index is 0.758. The molecule has 0 spiro atoms. The number of rotatable bonds is 3. The van der Waals surface area contributed by atoms with E-state index in [4.69, 9.17) is 0 Å². The third-order valence-electron chi connectivity index (χ3n) is 4.30. The average molecular weight is 266 g/mol. The molecule has 3 heterocycles. The Balaban J connectivity index is 1.57. The molecule has 0 bridgehead atoms. The molecule has 1 aromatic rings. The Morgan fingerprint density at radius 1 is 1.33 bits per heavy atom. The Hall–Kier alpha value is -0.650. The van der Waals surface area contributed by atoms with Gasteiger partial charge in [-0.1, -0.05) is 13.3 Å². The van der Waals surface area contributed by atoms with Crippen molar-refractivity contribution in [2.75, 3.05) is 44.2 Å². The highest BCUT2D eigenvalue weighted by atomic mass is 32.1. The van der Waals surface area contributed by atoms with Crippen molar-refractivity contribution in [3.63, 3.8) is 0 Å². The van der Waals surface area contributed by atoms with Gasteiger partial charge >= 0.3 is 0 Å². The van der Waals surface area contributed by atoms with Crippen LogP contribution in [0, 0.1) is 5.92 Å². The number of aromatic nitrogens is 1. The smallest absolute Gasteiger partial charge is 0.185 e. The van der Waals surface area contributed by atoms with Crippen LogP contribution in [0.4, 0.5) is 5.13 Å². The fourth-order valence-corrected chi connectivity index (χ4v) is 3.88. The lowest BCUT2D eigenvalue weighted by molar-refractivity contribution is 0.160. The second-order valence-corrected chi connectivity index (χ2v) is 6.10. The fourth-order valence-electron chi connectivity index (χ4n) is 3.18. The van der Waals surface area contributed by atoms with E-state index in [2.05, 4.69) is 32.4 Å². The maximum Gasteiger partial charge on any atom is 0.185 e. The zero-order chi connectivity index (χ0) is 12.4. The van der Waals surface area contributed by atoms with E-state index in [1.165, 1.54) is 37.7 Å². The van der Waals surface area contributed by atoms with Crippen molar-refractivity contribution >= 4 is 16.5 Å². The third-order valence-corrected chi connectivity index (χ3v) is 5.13. The second kappa shape index (κ2) is 5.55. The van der Waals surface area contributed by atoms with Gasteiger partial charge in [0.1, 0.15) is 0 Å². The SMILES string of the molecule is CCC1CNCC1N1CCN(c2nccs2)CC1. The van der Waals surface area contributed by atoms with Gasteiger partial charge in [0, 0.05) is 50.3 Å². The molecule has 100 valence electrons. The first kappa shape index (κ1) is 12.4. The van der Waals surface area contributed by atoms with Gasteiger partial charge in [0.15, 0.2) is 5.13 Å². The maximum atomic E-state index is 4.41. The van der Waals surface area contributed by atoms with Crippen molar-refractivity contribution in [2.24, 2.45) is 5.92 Å². The van der Waals surface area contributed by atoms with Gasteiger partial charge in [-0.2, -0.15) is 0 Å².